The quantitative estimate of drug-likeness (QED) is 0.875. The number of benzene rings is 2. The maximum Gasteiger partial charge on any atom is 0.167 e. The molecular formula is C14H11F4NO. The summed E-state index contributed by atoms with van der Waals surface area (Å²) in [5.41, 5.74) is 5.59. The van der Waals surface area contributed by atoms with Gasteiger partial charge in [0.05, 0.1) is 6.04 Å². The van der Waals surface area contributed by atoms with Gasteiger partial charge in [0.25, 0.3) is 0 Å². The first-order valence-corrected chi connectivity index (χ1v) is 5.76. The second-order valence-electron chi connectivity index (χ2n) is 4.16. The molecular weight excluding hydrogens is 274 g/mol. The zero-order chi connectivity index (χ0) is 14.7. The first kappa shape index (κ1) is 14.3. The van der Waals surface area contributed by atoms with Gasteiger partial charge in [0.15, 0.2) is 11.6 Å². The smallest absolute Gasteiger partial charge is 0.167 e. The first-order chi connectivity index (χ1) is 9.47. The molecule has 0 heterocycles. The van der Waals surface area contributed by atoms with Crippen LogP contribution in [0.5, 0.6) is 5.75 Å². The minimum absolute atomic E-state index is 0.0764. The van der Waals surface area contributed by atoms with E-state index in [9.17, 15) is 17.6 Å². The molecule has 0 aromatic heterocycles. The maximum absolute atomic E-state index is 13.5. The standard InChI is InChI=1S/C14H11F4NO/c15-8-1-3-11(17)10(5-8)13(19)7-20-14-4-2-9(16)6-12(14)18/h1-6,13H,7,19H2. The van der Waals surface area contributed by atoms with Crippen LogP contribution >= 0.6 is 0 Å². The molecule has 2 nitrogen and oxygen atoms in total. The van der Waals surface area contributed by atoms with E-state index >= 15 is 0 Å². The third-order valence-electron chi connectivity index (χ3n) is 2.67. The monoisotopic (exact) mass is 285 g/mol. The van der Waals surface area contributed by atoms with E-state index in [1.54, 1.807) is 0 Å². The zero-order valence-corrected chi connectivity index (χ0v) is 10.2. The van der Waals surface area contributed by atoms with E-state index in [1.807, 2.05) is 0 Å². The predicted octanol–water partition coefficient (Wildman–Crippen LogP) is 3.32. The van der Waals surface area contributed by atoms with Crippen molar-refractivity contribution >= 4 is 0 Å². The van der Waals surface area contributed by atoms with Gasteiger partial charge in [0.2, 0.25) is 0 Å². The molecule has 0 fully saturated rings. The van der Waals surface area contributed by atoms with Gasteiger partial charge in [-0.1, -0.05) is 0 Å². The highest BCUT2D eigenvalue weighted by atomic mass is 19.1. The van der Waals surface area contributed by atoms with Crippen LogP contribution in [-0.4, -0.2) is 6.61 Å². The number of rotatable bonds is 4. The van der Waals surface area contributed by atoms with Crippen LogP contribution in [-0.2, 0) is 0 Å². The van der Waals surface area contributed by atoms with Gasteiger partial charge in [-0.05, 0) is 30.3 Å². The first-order valence-electron chi connectivity index (χ1n) is 5.76. The lowest BCUT2D eigenvalue weighted by Gasteiger charge is -2.14. The summed E-state index contributed by atoms with van der Waals surface area (Å²) in [7, 11) is 0. The molecule has 0 radical (unpaired) electrons. The van der Waals surface area contributed by atoms with Gasteiger partial charge < -0.3 is 10.5 Å². The van der Waals surface area contributed by atoms with Gasteiger partial charge in [0, 0.05) is 11.6 Å². The van der Waals surface area contributed by atoms with Crippen LogP contribution < -0.4 is 10.5 Å². The number of halogens is 4. The van der Waals surface area contributed by atoms with Crippen LogP contribution in [0, 0.1) is 23.3 Å². The van der Waals surface area contributed by atoms with Crippen LogP contribution in [0.25, 0.3) is 0 Å². The molecule has 0 aliphatic carbocycles. The molecule has 106 valence electrons. The fraction of sp³-hybridized carbons (Fsp3) is 0.143. The van der Waals surface area contributed by atoms with Crippen LogP contribution in [0.2, 0.25) is 0 Å². The van der Waals surface area contributed by atoms with Gasteiger partial charge in [0.1, 0.15) is 24.1 Å². The molecule has 2 rings (SSSR count). The molecule has 0 saturated heterocycles. The Labute approximate surface area is 112 Å². The fourth-order valence-electron chi connectivity index (χ4n) is 1.66. The van der Waals surface area contributed by atoms with E-state index in [4.69, 9.17) is 10.5 Å². The Hall–Kier alpha value is -2.08. The topological polar surface area (TPSA) is 35.2 Å². The van der Waals surface area contributed by atoms with Gasteiger partial charge in [-0.3, -0.25) is 0 Å². The lowest BCUT2D eigenvalue weighted by atomic mass is 10.1. The Morgan fingerprint density at radius 3 is 2.25 bits per heavy atom. The largest absolute Gasteiger partial charge is 0.489 e. The molecule has 0 aliphatic rings. The molecule has 0 spiro atoms. The highest BCUT2D eigenvalue weighted by Gasteiger charge is 2.14. The number of ether oxygens (including phenoxy) is 1. The summed E-state index contributed by atoms with van der Waals surface area (Å²) in [6.45, 7) is -0.275. The summed E-state index contributed by atoms with van der Waals surface area (Å²) in [6, 6.07) is 4.66. The number of hydrogen-bond donors (Lipinski definition) is 1. The molecule has 0 aliphatic heterocycles. The summed E-state index contributed by atoms with van der Waals surface area (Å²) in [5.74, 6) is -3.15. The summed E-state index contributed by atoms with van der Waals surface area (Å²) in [6.07, 6.45) is 0. The predicted molar refractivity (Wildman–Crippen MR) is 65.1 cm³/mol. The van der Waals surface area contributed by atoms with E-state index in [2.05, 4.69) is 0 Å². The lowest BCUT2D eigenvalue weighted by Crippen LogP contribution is -2.20. The van der Waals surface area contributed by atoms with Gasteiger partial charge in [-0.15, -0.1) is 0 Å². The van der Waals surface area contributed by atoms with E-state index in [0.29, 0.717) is 6.07 Å². The van der Waals surface area contributed by atoms with Crippen molar-refractivity contribution in [2.75, 3.05) is 6.61 Å². The summed E-state index contributed by atoms with van der Waals surface area (Å²) in [4.78, 5) is 0. The molecule has 1 atom stereocenters. The number of hydrogen-bond acceptors (Lipinski definition) is 2. The maximum atomic E-state index is 13.5. The molecule has 1 unspecified atom stereocenters. The molecule has 0 amide bonds. The van der Waals surface area contributed by atoms with Crippen molar-refractivity contribution in [2.24, 2.45) is 5.73 Å². The zero-order valence-electron chi connectivity index (χ0n) is 10.2. The molecule has 20 heavy (non-hydrogen) atoms. The highest BCUT2D eigenvalue weighted by molar-refractivity contribution is 5.26. The van der Waals surface area contributed by atoms with E-state index in [0.717, 1.165) is 30.3 Å². The molecule has 2 N–H and O–H groups in total. The van der Waals surface area contributed by atoms with Crippen LogP contribution in [0.1, 0.15) is 11.6 Å². The molecule has 2 aromatic carbocycles. The fourth-order valence-corrected chi connectivity index (χ4v) is 1.66. The van der Waals surface area contributed by atoms with Gasteiger partial charge in [-0.25, -0.2) is 17.6 Å². The number of nitrogens with two attached hydrogens (primary N) is 1. The normalized spacial score (nSPS) is 12.2. The summed E-state index contributed by atoms with van der Waals surface area (Å²) < 4.78 is 57.5. The second kappa shape index (κ2) is 5.92. The third-order valence-corrected chi connectivity index (χ3v) is 2.67. The summed E-state index contributed by atoms with van der Waals surface area (Å²) in [5, 5.41) is 0. The van der Waals surface area contributed by atoms with Gasteiger partial charge >= 0.3 is 0 Å². The van der Waals surface area contributed by atoms with Crippen molar-refractivity contribution in [1.82, 2.24) is 0 Å². The summed E-state index contributed by atoms with van der Waals surface area (Å²) >= 11 is 0. The second-order valence-corrected chi connectivity index (χ2v) is 4.16. The SMILES string of the molecule is NC(COc1ccc(F)cc1F)c1cc(F)ccc1F. The van der Waals surface area contributed by atoms with E-state index in [1.165, 1.54) is 0 Å². The van der Waals surface area contributed by atoms with E-state index < -0.39 is 29.3 Å². The Balaban J connectivity index is 2.08. The van der Waals surface area contributed by atoms with Crippen molar-refractivity contribution in [3.05, 3.63) is 65.2 Å². The van der Waals surface area contributed by atoms with Crippen molar-refractivity contribution < 1.29 is 22.3 Å². The van der Waals surface area contributed by atoms with Crippen LogP contribution in [0.3, 0.4) is 0 Å². The average molecular weight is 285 g/mol. The van der Waals surface area contributed by atoms with Crippen molar-refractivity contribution in [1.29, 1.82) is 0 Å². The minimum Gasteiger partial charge on any atom is -0.489 e. The van der Waals surface area contributed by atoms with Gasteiger partial charge in [-0.2, -0.15) is 0 Å². The van der Waals surface area contributed by atoms with Crippen LogP contribution in [0.4, 0.5) is 17.6 Å². The highest BCUT2D eigenvalue weighted by Crippen LogP contribution is 2.21. The van der Waals surface area contributed by atoms with E-state index in [-0.39, 0.29) is 17.9 Å². The minimum atomic E-state index is -0.977. The van der Waals surface area contributed by atoms with Crippen molar-refractivity contribution in [3.63, 3.8) is 0 Å². The molecule has 2 aromatic rings. The average Bonchev–Trinajstić information content (AvgIpc) is 2.40. The van der Waals surface area contributed by atoms with Crippen molar-refractivity contribution in [3.8, 4) is 5.75 Å². The molecule has 0 bridgehead atoms. The molecule has 6 heteroatoms. The Bertz CT molecular complexity index is 618. The van der Waals surface area contributed by atoms with Crippen molar-refractivity contribution in [2.45, 2.75) is 6.04 Å². The Kier molecular flexibility index (Phi) is 4.24. The molecule has 0 saturated carbocycles. The Morgan fingerprint density at radius 2 is 1.55 bits per heavy atom. The van der Waals surface area contributed by atoms with Crippen LogP contribution in [0.15, 0.2) is 36.4 Å². The lowest BCUT2D eigenvalue weighted by molar-refractivity contribution is 0.274. The Morgan fingerprint density at radius 1 is 0.900 bits per heavy atom. The third kappa shape index (κ3) is 3.27.